The Morgan fingerprint density at radius 3 is 2.18 bits per heavy atom. The quantitative estimate of drug-likeness (QED) is 0.173. The Labute approximate surface area is 226 Å². The molecule has 33 heavy (non-hydrogen) atoms. The Morgan fingerprint density at radius 2 is 1.64 bits per heavy atom. The van der Waals surface area contributed by atoms with Crippen molar-refractivity contribution < 1.29 is 78.5 Å². The van der Waals surface area contributed by atoms with Crippen LogP contribution in [-0.4, -0.2) is 37.4 Å². The molecule has 1 aromatic heterocycles. The number of hydrogen-bond donors (Lipinski definition) is 1. The topological polar surface area (TPSA) is 177 Å². The van der Waals surface area contributed by atoms with E-state index in [0.717, 1.165) is 29.1 Å². The van der Waals surface area contributed by atoms with Crippen molar-refractivity contribution in [3.05, 3.63) is 48.2 Å². The number of aryl methyl sites for hydroxylation is 1. The van der Waals surface area contributed by atoms with Gasteiger partial charge in [-0.2, -0.15) is 18.6 Å². The molecular weight excluding hydrogens is 543 g/mol. The van der Waals surface area contributed by atoms with E-state index in [1.807, 2.05) is 0 Å². The number of azo groups is 1. The summed E-state index contributed by atoms with van der Waals surface area (Å²) in [6.45, 7) is 1.50. The first kappa shape index (κ1) is 29.6. The van der Waals surface area contributed by atoms with Crippen LogP contribution in [0.3, 0.4) is 0 Å². The summed E-state index contributed by atoms with van der Waals surface area (Å²) in [4.78, 5) is 0.120. The van der Waals surface area contributed by atoms with Gasteiger partial charge in [-0.15, -0.1) is 5.11 Å². The fraction of sp³-hybridized carbons (Fsp3) is 0.118. The molecule has 168 valence electrons. The van der Waals surface area contributed by atoms with Gasteiger partial charge in [-0.05, 0) is 43.3 Å². The predicted octanol–water partition coefficient (Wildman–Crippen LogP) is -0.957. The molecule has 3 aromatic rings. The van der Waals surface area contributed by atoms with Crippen LogP contribution in [0, 0.1) is 6.92 Å². The number of hydrogen-bond acceptors (Lipinski definition) is 10. The smallest absolute Gasteiger partial charge is 0.871 e. The minimum Gasteiger partial charge on any atom is -0.871 e. The minimum absolute atomic E-state index is 0. The second-order valence-electron chi connectivity index (χ2n) is 6.26. The summed E-state index contributed by atoms with van der Waals surface area (Å²) in [6.07, 6.45) is 0.984. The largest absolute Gasteiger partial charge is 2.00 e. The van der Waals surface area contributed by atoms with Gasteiger partial charge in [-0.1, -0.05) is 11.8 Å². The molecule has 0 saturated carbocycles. The van der Waals surface area contributed by atoms with Crippen LogP contribution >= 0.6 is 10.8 Å². The summed E-state index contributed by atoms with van der Waals surface area (Å²) >= 11 is 0. The van der Waals surface area contributed by atoms with Crippen LogP contribution < -0.4 is 39.8 Å². The number of rotatable bonds is 6. The van der Waals surface area contributed by atoms with Crippen LogP contribution in [0.4, 0.5) is 11.4 Å². The first-order valence-electron chi connectivity index (χ1n) is 8.32. The Kier molecular flexibility index (Phi) is 10.2. The van der Waals surface area contributed by atoms with Gasteiger partial charge in [0.25, 0.3) is 0 Å². The third kappa shape index (κ3) is 7.54. The standard InChI is InChI=1S/C17H16N4O7S3.Cr.Na/c1-10-16(19-18-14-9-13(30(2,24)25)7-8-15(14)22)17(23)21(20-10)11-3-5-12(6-4-11)29-31(26,27)28;;/h3-9,22-23H,1-2H3,(H,26,27,28);;/q;+2;+1/p-2. The Bertz CT molecular complexity index is 1390. The molecule has 0 bridgehead atoms. The molecule has 0 aliphatic rings. The zero-order chi connectivity index (χ0) is 23.0. The van der Waals surface area contributed by atoms with E-state index in [1.54, 1.807) is 0 Å². The molecule has 0 atom stereocenters. The number of nitrogens with zero attached hydrogens (tertiary/aromatic N) is 4. The normalized spacial score (nSPS) is 11.7. The van der Waals surface area contributed by atoms with Gasteiger partial charge in [0.2, 0.25) is 0 Å². The van der Waals surface area contributed by atoms with Crippen molar-refractivity contribution in [3.8, 4) is 17.3 Å². The average molecular weight is 558 g/mol. The van der Waals surface area contributed by atoms with Gasteiger partial charge in [0.05, 0.1) is 22.0 Å². The Hall–Kier alpha value is -1.41. The molecule has 0 aliphatic carbocycles. The molecule has 3 rings (SSSR count). The molecule has 0 radical (unpaired) electrons. The van der Waals surface area contributed by atoms with Crippen molar-refractivity contribution in [2.24, 2.45) is 10.2 Å². The van der Waals surface area contributed by atoms with E-state index in [0.29, 0.717) is 5.69 Å². The van der Waals surface area contributed by atoms with E-state index in [-0.39, 0.29) is 84.6 Å². The van der Waals surface area contributed by atoms with E-state index in [9.17, 15) is 27.0 Å². The van der Waals surface area contributed by atoms with Crippen molar-refractivity contribution in [3.63, 3.8) is 0 Å². The van der Waals surface area contributed by atoms with E-state index < -0.39 is 30.6 Å². The second-order valence-corrected chi connectivity index (χ2v) is 11.5. The monoisotopic (exact) mass is 557 g/mol. The summed E-state index contributed by atoms with van der Waals surface area (Å²) in [5, 5.41) is 36.2. The number of sulfone groups is 1. The van der Waals surface area contributed by atoms with E-state index >= 15 is 0 Å². The van der Waals surface area contributed by atoms with Crippen molar-refractivity contribution in [2.75, 3.05) is 6.26 Å². The maximum atomic E-state index is 12.7. The van der Waals surface area contributed by atoms with Gasteiger partial charge in [0, 0.05) is 27.8 Å². The SMILES string of the molecule is Cc1nn(-c2ccc(SS(=O)(=O)O)cc2)c([O-])c1N=Nc1cc(S(C)(=O)=O)ccc1[O-].[Cr+2].[Na+]. The molecule has 1 heterocycles. The van der Waals surface area contributed by atoms with Crippen LogP contribution in [0.5, 0.6) is 11.6 Å². The maximum Gasteiger partial charge on any atom is 2.00 e. The van der Waals surface area contributed by atoms with Crippen molar-refractivity contribution in [2.45, 2.75) is 16.7 Å². The molecule has 0 fully saturated rings. The second kappa shape index (κ2) is 11.3. The van der Waals surface area contributed by atoms with Gasteiger partial charge >= 0.3 is 56.1 Å². The van der Waals surface area contributed by atoms with Crippen molar-refractivity contribution >= 4 is 41.2 Å². The van der Waals surface area contributed by atoms with E-state index in [1.165, 1.54) is 31.2 Å². The van der Waals surface area contributed by atoms with E-state index in [2.05, 4.69) is 15.3 Å². The van der Waals surface area contributed by atoms with Gasteiger partial charge in [0.1, 0.15) is 5.69 Å². The third-order valence-electron chi connectivity index (χ3n) is 3.89. The third-order valence-corrected chi connectivity index (χ3v) is 6.88. The zero-order valence-corrected chi connectivity index (χ0v) is 23.1. The molecule has 1 N–H and O–H groups in total. The summed E-state index contributed by atoms with van der Waals surface area (Å²) in [6, 6.07) is 8.88. The molecule has 0 spiro atoms. The fourth-order valence-corrected chi connectivity index (χ4v) is 4.66. The van der Waals surface area contributed by atoms with Gasteiger partial charge in [0.15, 0.2) is 9.84 Å². The van der Waals surface area contributed by atoms with Gasteiger partial charge in [-0.25, -0.2) is 13.1 Å². The average Bonchev–Trinajstić information content (AvgIpc) is 2.93. The van der Waals surface area contributed by atoms with Crippen molar-refractivity contribution in [1.82, 2.24) is 9.78 Å². The molecule has 11 nitrogen and oxygen atoms in total. The first-order valence-corrected chi connectivity index (χ1v) is 13.0. The molecule has 0 unspecified atom stereocenters. The summed E-state index contributed by atoms with van der Waals surface area (Å²) < 4.78 is 55.0. The predicted molar refractivity (Wildman–Crippen MR) is 108 cm³/mol. The molecule has 0 aliphatic heterocycles. The molecule has 0 saturated heterocycles. The van der Waals surface area contributed by atoms with Crippen LogP contribution in [-0.2, 0) is 36.3 Å². The maximum absolute atomic E-state index is 12.7. The van der Waals surface area contributed by atoms with Gasteiger partial charge in [-0.3, -0.25) is 4.55 Å². The van der Waals surface area contributed by atoms with E-state index in [4.69, 9.17) is 4.55 Å². The zero-order valence-electron chi connectivity index (χ0n) is 17.4. The van der Waals surface area contributed by atoms with Crippen molar-refractivity contribution in [1.29, 1.82) is 0 Å². The molecule has 0 amide bonds. The summed E-state index contributed by atoms with van der Waals surface area (Å²) in [5.41, 5.74) is 0.108. The fourth-order valence-electron chi connectivity index (χ4n) is 2.46. The number of benzene rings is 2. The van der Waals surface area contributed by atoms with Crippen LogP contribution in [0.25, 0.3) is 5.69 Å². The Balaban J connectivity index is 0.00000272. The minimum atomic E-state index is -4.27. The first-order chi connectivity index (χ1) is 14.3. The summed E-state index contributed by atoms with van der Waals surface area (Å²) in [7, 11) is -7.59. The molecular formula is C17H14CrN4NaO7S3+. The van der Waals surface area contributed by atoms with Crippen LogP contribution in [0.15, 0.2) is 62.5 Å². The van der Waals surface area contributed by atoms with Crippen LogP contribution in [0.2, 0.25) is 0 Å². The molecule has 2 aromatic carbocycles. The van der Waals surface area contributed by atoms with Gasteiger partial charge < -0.3 is 10.2 Å². The number of aromatic nitrogens is 2. The Morgan fingerprint density at radius 1 is 1.03 bits per heavy atom. The van der Waals surface area contributed by atoms with Crippen LogP contribution in [0.1, 0.15) is 5.69 Å². The molecule has 16 heteroatoms. The summed E-state index contributed by atoms with van der Waals surface area (Å²) in [5.74, 6) is -1.22.